The van der Waals surface area contributed by atoms with Crippen molar-refractivity contribution in [2.24, 2.45) is 0 Å². The van der Waals surface area contributed by atoms with Gasteiger partial charge in [0.1, 0.15) is 11.6 Å². The van der Waals surface area contributed by atoms with E-state index in [-0.39, 0.29) is 12.3 Å². The number of carbonyl (C=O) groups is 1. The van der Waals surface area contributed by atoms with Crippen LogP contribution in [0.25, 0.3) is 15.7 Å². The highest BCUT2D eigenvalue weighted by atomic mass is 32.1. The number of methoxy groups -OCH3 is 2. The number of aryl methyl sites for hydroxylation is 1. The van der Waals surface area contributed by atoms with Crippen LogP contribution >= 0.6 is 22.7 Å². The number of thiazole rings is 1. The lowest BCUT2D eigenvalue weighted by atomic mass is 10.1. The zero-order valence-electron chi connectivity index (χ0n) is 16.7. The van der Waals surface area contributed by atoms with Crippen LogP contribution in [0.4, 0.5) is 5.82 Å². The van der Waals surface area contributed by atoms with Crippen molar-refractivity contribution in [3.63, 3.8) is 0 Å². The molecule has 4 aromatic rings. The van der Waals surface area contributed by atoms with Gasteiger partial charge < -0.3 is 14.8 Å². The van der Waals surface area contributed by atoms with Crippen LogP contribution in [0.3, 0.4) is 0 Å². The van der Waals surface area contributed by atoms with Gasteiger partial charge in [-0.3, -0.25) is 9.36 Å². The van der Waals surface area contributed by atoms with Gasteiger partial charge >= 0.3 is 0 Å². The molecule has 9 heteroatoms. The summed E-state index contributed by atoms with van der Waals surface area (Å²) in [6.07, 6.45) is 1.84. The Balaban J connectivity index is 1.53. The van der Waals surface area contributed by atoms with Crippen LogP contribution in [0.2, 0.25) is 0 Å². The first kappa shape index (κ1) is 20.1. The number of rotatable bonds is 7. The number of nitrogens with one attached hydrogen (secondary N) is 1. The van der Waals surface area contributed by atoms with E-state index < -0.39 is 0 Å². The molecule has 3 aromatic heterocycles. The SMILES string of the molecule is COc1ccc(CC(=O)Nc2cnc(C)n2-c2nc(-c3cccs3)cs2)cc1OC. The maximum Gasteiger partial charge on any atom is 0.229 e. The normalized spacial score (nSPS) is 10.8. The fourth-order valence-corrected chi connectivity index (χ4v) is 4.69. The van der Waals surface area contributed by atoms with Crippen molar-refractivity contribution in [2.45, 2.75) is 13.3 Å². The molecule has 0 aliphatic carbocycles. The number of benzene rings is 1. The molecular weight excluding hydrogens is 420 g/mol. The van der Waals surface area contributed by atoms with Crippen molar-refractivity contribution in [1.29, 1.82) is 0 Å². The minimum atomic E-state index is -0.154. The standard InChI is InChI=1S/C21H20N4O3S2/c1-13-22-11-19(25(13)21-23-15(12-30-21)18-5-4-8-29-18)24-20(26)10-14-6-7-16(27-2)17(9-14)28-3/h4-9,11-12H,10H2,1-3H3,(H,24,26). The van der Waals surface area contributed by atoms with Gasteiger partial charge in [-0.1, -0.05) is 12.1 Å². The second-order valence-corrected chi connectivity index (χ2v) is 8.22. The quantitative estimate of drug-likeness (QED) is 0.456. The first-order chi connectivity index (χ1) is 14.6. The second kappa shape index (κ2) is 8.68. The Hall–Kier alpha value is -3.17. The van der Waals surface area contributed by atoms with Crippen LogP contribution in [0.15, 0.2) is 47.3 Å². The number of hydrogen-bond donors (Lipinski definition) is 1. The Bertz CT molecular complexity index is 1170. The number of imidazole rings is 1. The summed E-state index contributed by atoms with van der Waals surface area (Å²) in [6.45, 7) is 1.89. The van der Waals surface area contributed by atoms with Crippen molar-refractivity contribution < 1.29 is 14.3 Å². The lowest BCUT2D eigenvalue weighted by Gasteiger charge is -2.11. The van der Waals surface area contributed by atoms with E-state index in [1.807, 2.05) is 40.5 Å². The lowest BCUT2D eigenvalue weighted by Crippen LogP contribution is -2.17. The molecule has 0 spiro atoms. The molecule has 30 heavy (non-hydrogen) atoms. The molecule has 4 rings (SSSR count). The molecule has 154 valence electrons. The van der Waals surface area contributed by atoms with E-state index in [1.165, 1.54) is 11.3 Å². The van der Waals surface area contributed by atoms with E-state index in [2.05, 4.69) is 10.3 Å². The number of anilines is 1. The zero-order valence-corrected chi connectivity index (χ0v) is 18.3. The van der Waals surface area contributed by atoms with Crippen molar-refractivity contribution in [1.82, 2.24) is 14.5 Å². The predicted octanol–water partition coefficient (Wildman–Crippen LogP) is 4.56. The number of nitrogens with zero attached hydrogens (tertiary/aromatic N) is 3. The van der Waals surface area contributed by atoms with E-state index in [0.29, 0.717) is 17.3 Å². The first-order valence-corrected chi connectivity index (χ1v) is 10.9. The summed E-state index contributed by atoms with van der Waals surface area (Å²) >= 11 is 3.15. The Morgan fingerprint density at radius 3 is 2.73 bits per heavy atom. The summed E-state index contributed by atoms with van der Waals surface area (Å²) in [7, 11) is 3.15. The fraction of sp³-hybridized carbons (Fsp3) is 0.190. The number of carbonyl (C=O) groups excluding carboxylic acids is 1. The van der Waals surface area contributed by atoms with Gasteiger partial charge in [0, 0.05) is 5.38 Å². The van der Waals surface area contributed by atoms with Crippen molar-refractivity contribution in [3.05, 3.63) is 58.7 Å². The molecule has 0 bridgehead atoms. The Labute approximate surface area is 182 Å². The van der Waals surface area contributed by atoms with Crippen LogP contribution in [-0.2, 0) is 11.2 Å². The highest BCUT2D eigenvalue weighted by Gasteiger charge is 2.16. The Morgan fingerprint density at radius 1 is 1.17 bits per heavy atom. The largest absolute Gasteiger partial charge is 0.493 e. The minimum Gasteiger partial charge on any atom is -0.493 e. The smallest absolute Gasteiger partial charge is 0.229 e. The third-order valence-corrected chi connectivity index (χ3v) is 6.19. The zero-order chi connectivity index (χ0) is 21.1. The molecular formula is C21H20N4O3S2. The van der Waals surface area contributed by atoms with E-state index in [0.717, 1.165) is 27.1 Å². The van der Waals surface area contributed by atoms with Crippen molar-refractivity contribution >= 4 is 34.4 Å². The molecule has 0 radical (unpaired) electrons. The summed E-state index contributed by atoms with van der Waals surface area (Å²) in [5.74, 6) is 2.40. The molecule has 1 N–H and O–H groups in total. The van der Waals surface area contributed by atoms with E-state index in [1.54, 1.807) is 43.9 Å². The molecule has 7 nitrogen and oxygen atoms in total. The summed E-state index contributed by atoms with van der Waals surface area (Å²) in [5.41, 5.74) is 1.74. The van der Waals surface area contributed by atoms with Crippen molar-refractivity contribution in [2.75, 3.05) is 19.5 Å². The highest BCUT2D eigenvalue weighted by molar-refractivity contribution is 7.15. The van der Waals surface area contributed by atoms with Crippen molar-refractivity contribution in [3.8, 4) is 27.2 Å². The third-order valence-electron chi connectivity index (χ3n) is 4.48. The first-order valence-electron chi connectivity index (χ1n) is 9.14. The van der Waals surface area contributed by atoms with Crippen LogP contribution < -0.4 is 14.8 Å². The van der Waals surface area contributed by atoms with E-state index in [4.69, 9.17) is 14.5 Å². The Kier molecular flexibility index (Phi) is 5.82. The maximum absolute atomic E-state index is 12.7. The molecule has 0 aliphatic rings. The molecule has 0 aliphatic heterocycles. The number of thiophene rings is 1. The summed E-state index contributed by atoms with van der Waals surface area (Å²) in [5, 5.41) is 7.74. The van der Waals surface area contributed by atoms with Gasteiger partial charge in [0.05, 0.1) is 37.4 Å². The van der Waals surface area contributed by atoms with Gasteiger partial charge in [0.15, 0.2) is 16.6 Å². The molecule has 3 heterocycles. The molecule has 1 amide bonds. The van der Waals surface area contributed by atoms with Gasteiger partial charge in [-0.2, -0.15) is 0 Å². The number of aromatic nitrogens is 3. The van der Waals surface area contributed by atoms with Crippen LogP contribution in [0, 0.1) is 6.92 Å². The van der Waals surface area contributed by atoms with Gasteiger partial charge in [-0.15, -0.1) is 22.7 Å². The monoisotopic (exact) mass is 440 g/mol. The molecule has 0 saturated heterocycles. The highest BCUT2D eigenvalue weighted by Crippen LogP contribution is 2.30. The van der Waals surface area contributed by atoms with Gasteiger partial charge in [0.25, 0.3) is 0 Å². The summed E-state index contributed by atoms with van der Waals surface area (Å²) in [4.78, 5) is 22.9. The van der Waals surface area contributed by atoms with Crippen LogP contribution in [-0.4, -0.2) is 34.7 Å². The van der Waals surface area contributed by atoms with Gasteiger partial charge in [-0.25, -0.2) is 9.97 Å². The average Bonchev–Trinajstić information content (AvgIpc) is 3.49. The van der Waals surface area contributed by atoms with Crippen LogP contribution in [0.5, 0.6) is 11.5 Å². The lowest BCUT2D eigenvalue weighted by molar-refractivity contribution is -0.115. The number of hydrogen-bond acceptors (Lipinski definition) is 7. The third kappa shape index (κ3) is 4.07. The molecule has 0 saturated carbocycles. The summed E-state index contributed by atoms with van der Waals surface area (Å²) in [6, 6.07) is 9.47. The summed E-state index contributed by atoms with van der Waals surface area (Å²) < 4.78 is 12.4. The molecule has 0 fully saturated rings. The minimum absolute atomic E-state index is 0.154. The fourth-order valence-electron chi connectivity index (χ4n) is 3.04. The second-order valence-electron chi connectivity index (χ2n) is 6.43. The van der Waals surface area contributed by atoms with E-state index in [9.17, 15) is 4.79 Å². The average molecular weight is 441 g/mol. The topological polar surface area (TPSA) is 78.3 Å². The van der Waals surface area contributed by atoms with Gasteiger partial charge in [0.2, 0.25) is 5.91 Å². The predicted molar refractivity (Wildman–Crippen MR) is 119 cm³/mol. The number of ether oxygens (including phenoxy) is 2. The maximum atomic E-state index is 12.7. The van der Waals surface area contributed by atoms with E-state index >= 15 is 0 Å². The Morgan fingerprint density at radius 2 is 2.00 bits per heavy atom. The van der Waals surface area contributed by atoms with Gasteiger partial charge in [-0.05, 0) is 36.1 Å². The molecule has 0 atom stereocenters. The number of amides is 1. The molecule has 0 unspecified atom stereocenters. The van der Waals surface area contributed by atoms with Crippen LogP contribution in [0.1, 0.15) is 11.4 Å². The molecule has 1 aromatic carbocycles.